The number of anilines is 1. The summed E-state index contributed by atoms with van der Waals surface area (Å²) in [5, 5.41) is 11.9. The first-order chi connectivity index (χ1) is 8.27. The van der Waals surface area contributed by atoms with Gasteiger partial charge in [-0.1, -0.05) is 27.7 Å². The van der Waals surface area contributed by atoms with Crippen molar-refractivity contribution >= 4 is 21.6 Å². The van der Waals surface area contributed by atoms with Crippen molar-refractivity contribution in [1.29, 1.82) is 5.26 Å². The Morgan fingerprint density at radius 2 is 2.06 bits per heavy atom. The van der Waals surface area contributed by atoms with Crippen LogP contribution in [0.2, 0.25) is 0 Å². The number of nitrogens with zero attached hydrogens (tertiary/aromatic N) is 1. The maximum Gasteiger partial charge on any atom is 0.161 e. The third-order valence-corrected chi connectivity index (χ3v) is 4.06. The van der Waals surface area contributed by atoms with Gasteiger partial charge in [0.05, 0.1) is 15.7 Å². The van der Waals surface area contributed by atoms with Gasteiger partial charge >= 0.3 is 0 Å². The number of halogens is 2. The number of benzene rings is 1. The highest BCUT2D eigenvalue weighted by Gasteiger charge is 2.20. The van der Waals surface area contributed by atoms with Crippen LogP contribution < -0.4 is 5.32 Å². The molecule has 1 unspecified atom stereocenters. The molecule has 0 amide bonds. The van der Waals surface area contributed by atoms with Crippen molar-refractivity contribution in [3.63, 3.8) is 0 Å². The van der Waals surface area contributed by atoms with Crippen molar-refractivity contribution in [3.05, 3.63) is 28.0 Å². The second-order valence-corrected chi connectivity index (χ2v) is 6.34. The summed E-state index contributed by atoms with van der Waals surface area (Å²) in [7, 11) is 0. The lowest BCUT2D eigenvalue weighted by molar-refractivity contribution is 0.274. The molecule has 0 radical (unpaired) electrons. The van der Waals surface area contributed by atoms with Crippen molar-refractivity contribution in [2.75, 3.05) is 11.9 Å². The van der Waals surface area contributed by atoms with Crippen molar-refractivity contribution < 1.29 is 4.39 Å². The molecule has 0 heterocycles. The molecule has 0 aliphatic carbocycles. The molecule has 1 aromatic carbocycles. The molecule has 0 fully saturated rings. The van der Waals surface area contributed by atoms with Gasteiger partial charge in [0.1, 0.15) is 6.07 Å². The fraction of sp³-hybridized carbons (Fsp3) is 0.500. The summed E-state index contributed by atoms with van der Waals surface area (Å²) in [6, 6.07) is 5.15. The second-order valence-electron chi connectivity index (χ2n) is 5.55. The Kier molecular flexibility index (Phi) is 4.75. The third-order valence-electron chi connectivity index (χ3n) is 3.28. The standard InChI is InChI=1S/C14H18BrFN2/c1-9(14(2,3)4)8-18-11-6-5-10(7-17)12(15)13(11)16/h5-6,9,18H,8H2,1-4H3. The molecule has 1 aromatic rings. The summed E-state index contributed by atoms with van der Waals surface area (Å²) in [6.45, 7) is 9.29. The molecule has 1 atom stereocenters. The van der Waals surface area contributed by atoms with E-state index in [-0.39, 0.29) is 9.89 Å². The first-order valence-electron chi connectivity index (χ1n) is 5.89. The summed E-state index contributed by atoms with van der Waals surface area (Å²) in [4.78, 5) is 0. The van der Waals surface area contributed by atoms with E-state index in [1.165, 1.54) is 0 Å². The minimum absolute atomic E-state index is 0.174. The Balaban J connectivity index is 2.82. The molecular weight excluding hydrogens is 295 g/mol. The van der Waals surface area contributed by atoms with Gasteiger partial charge in [0, 0.05) is 6.54 Å². The zero-order chi connectivity index (χ0) is 13.9. The lowest BCUT2D eigenvalue weighted by Gasteiger charge is -2.27. The Morgan fingerprint density at radius 3 is 2.56 bits per heavy atom. The number of nitrogens with one attached hydrogen (secondary N) is 1. The number of hydrogen-bond donors (Lipinski definition) is 1. The third kappa shape index (κ3) is 3.46. The second kappa shape index (κ2) is 5.71. The molecule has 1 rings (SSSR count). The van der Waals surface area contributed by atoms with Crippen molar-refractivity contribution in [2.45, 2.75) is 27.7 Å². The molecule has 4 heteroatoms. The Hall–Kier alpha value is -1.08. The van der Waals surface area contributed by atoms with Crippen LogP contribution in [-0.4, -0.2) is 6.54 Å². The van der Waals surface area contributed by atoms with Crippen LogP contribution in [0.15, 0.2) is 16.6 Å². The molecule has 18 heavy (non-hydrogen) atoms. The fourth-order valence-corrected chi connectivity index (χ4v) is 1.78. The van der Waals surface area contributed by atoms with Gasteiger partial charge < -0.3 is 5.32 Å². The van der Waals surface area contributed by atoms with Crippen LogP contribution in [0.5, 0.6) is 0 Å². The van der Waals surface area contributed by atoms with Gasteiger partial charge in [0.25, 0.3) is 0 Å². The van der Waals surface area contributed by atoms with Crippen LogP contribution in [0.3, 0.4) is 0 Å². The quantitative estimate of drug-likeness (QED) is 0.888. The topological polar surface area (TPSA) is 35.8 Å². The highest BCUT2D eigenvalue weighted by molar-refractivity contribution is 9.10. The fourth-order valence-electron chi connectivity index (χ4n) is 1.34. The van der Waals surface area contributed by atoms with Crippen molar-refractivity contribution in [2.24, 2.45) is 11.3 Å². The predicted octanol–water partition coefficient (Wildman–Crippen LogP) is 4.55. The summed E-state index contributed by atoms with van der Waals surface area (Å²) in [5.41, 5.74) is 0.909. The monoisotopic (exact) mass is 312 g/mol. The molecule has 0 saturated heterocycles. The van der Waals surface area contributed by atoms with Gasteiger partial charge in [-0.2, -0.15) is 5.26 Å². The highest BCUT2D eigenvalue weighted by Crippen LogP contribution is 2.29. The molecule has 98 valence electrons. The van der Waals surface area contributed by atoms with Gasteiger partial charge in [-0.25, -0.2) is 4.39 Å². The van der Waals surface area contributed by atoms with Crippen LogP contribution in [0.1, 0.15) is 33.3 Å². The molecule has 0 aromatic heterocycles. The molecule has 0 aliphatic heterocycles. The van der Waals surface area contributed by atoms with Gasteiger partial charge in [-0.15, -0.1) is 0 Å². The Labute approximate surface area is 116 Å². The van der Waals surface area contributed by atoms with Gasteiger partial charge in [-0.3, -0.25) is 0 Å². The molecule has 2 nitrogen and oxygen atoms in total. The Bertz CT molecular complexity index is 472. The number of rotatable bonds is 3. The molecule has 0 spiro atoms. The van der Waals surface area contributed by atoms with E-state index in [1.807, 2.05) is 6.07 Å². The molecule has 0 aliphatic rings. The first-order valence-corrected chi connectivity index (χ1v) is 6.68. The summed E-state index contributed by atoms with van der Waals surface area (Å²) < 4.78 is 14.2. The maximum atomic E-state index is 13.9. The van der Waals surface area contributed by atoms with Gasteiger partial charge in [-0.05, 0) is 39.4 Å². The van der Waals surface area contributed by atoms with E-state index < -0.39 is 5.82 Å². The van der Waals surface area contributed by atoms with Gasteiger partial charge in [0.2, 0.25) is 0 Å². The van der Waals surface area contributed by atoms with E-state index in [2.05, 4.69) is 48.9 Å². The average Bonchev–Trinajstić information content (AvgIpc) is 2.29. The molecular formula is C14H18BrFN2. The minimum atomic E-state index is -0.407. The van der Waals surface area contributed by atoms with E-state index in [0.717, 1.165) is 0 Å². The van der Waals surface area contributed by atoms with E-state index in [1.54, 1.807) is 12.1 Å². The largest absolute Gasteiger partial charge is 0.382 e. The Morgan fingerprint density at radius 1 is 1.44 bits per heavy atom. The zero-order valence-electron chi connectivity index (χ0n) is 11.1. The average molecular weight is 313 g/mol. The van der Waals surface area contributed by atoms with Gasteiger partial charge in [0.15, 0.2) is 5.82 Å². The van der Waals surface area contributed by atoms with Crippen molar-refractivity contribution in [1.82, 2.24) is 0 Å². The maximum absolute atomic E-state index is 13.9. The smallest absolute Gasteiger partial charge is 0.161 e. The number of hydrogen-bond acceptors (Lipinski definition) is 2. The molecule has 1 N–H and O–H groups in total. The minimum Gasteiger partial charge on any atom is -0.382 e. The SMILES string of the molecule is CC(CNc1ccc(C#N)c(Br)c1F)C(C)(C)C. The normalized spacial score (nSPS) is 12.9. The van der Waals surface area contributed by atoms with E-state index in [9.17, 15) is 4.39 Å². The van der Waals surface area contributed by atoms with Crippen LogP contribution >= 0.6 is 15.9 Å². The van der Waals surface area contributed by atoms with Crippen LogP contribution in [0, 0.1) is 28.5 Å². The first kappa shape index (κ1) is 15.0. The molecule has 0 saturated carbocycles. The summed E-state index contributed by atoms with van der Waals surface area (Å²) in [5.74, 6) is 0.00137. The highest BCUT2D eigenvalue weighted by atomic mass is 79.9. The van der Waals surface area contributed by atoms with Crippen molar-refractivity contribution in [3.8, 4) is 6.07 Å². The molecule has 0 bridgehead atoms. The van der Waals surface area contributed by atoms with E-state index in [0.29, 0.717) is 23.7 Å². The lowest BCUT2D eigenvalue weighted by atomic mass is 9.82. The lowest BCUT2D eigenvalue weighted by Crippen LogP contribution is -2.25. The summed E-state index contributed by atoms with van der Waals surface area (Å²) >= 11 is 3.10. The van der Waals surface area contributed by atoms with Crippen LogP contribution in [0.4, 0.5) is 10.1 Å². The number of nitriles is 1. The predicted molar refractivity (Wildman–Crippen MR) is 75.9 cm³/mol. The van der Waals surface area contributed by atoms with E-state index in [4.69, 9.17) is 5.26 Å². The van der Waals surface area contributed by atoms with E-state index >= 15 is 0 Å². The van der Waals surface area contributed by atoms with Crippen LogP contribution in [-0.2, 0) is 0 Å². The summed E-state index contributed by atoms with van der Waals surface area (Å²) in [6.07, 6.45) is 0. The zero-order valence-corrected chi connectivity index (χ0v) is 12.7. The van der Waals surface area contributed by atoms with Crippen LogP contribution in [0.25, 0.3) is 0 Å².